The minimum absolute atomic E-state index is 0.0193. The van der Waals surface area contributed by atoms with Gasteiger partial charge >= 0.3 is 6.18 Å². The van der Waals surface area contributed by atoms with Crippen molar-refractivity contribution >= 4 is 45.2 Å². The maximum atomic E-state index is 12.9. The molecule has 0 fully saturated rings. The van der Waals surface area contributed by atoms with E-state index < -0.39 is 27.7 Å². The Morgan fingerprint density at radius 3 is 2.35 bits per heavy atom. The summed E-state index contributed by atoms with van der Waals surface area (Å²) in [6.45, 7) is 3.43. The number of rotatable bonds is 6. The molecule has 0 atom stereocenters. The van der Waals surface area contributed by atoms with E-state index in [1.807, 2.05) is 4.72 Å². The van der Waals surface area contributed by atoms with E-state index in [4.69, 9.17) is 23.2 Å². The van der Waals surface area contributed by atoms with E-state index in [0.29, 0.717) is 11.4 Å². The van der Waals surface area contributed by atoms with E-state index in [9.17, 15) is 26.4 Å². The molecule has 2 aromatic carbocycles. The van der Waals surface area contributed by atoms with Crippen LogP contribution in [0.3, 0.4) is 0 Å². The molecule has 3 aromatic rings. The predicted octanol–water partition coefficient (Wildman–Crippen LogP) is 5.39. The average Bonchev–Trinajstić information content (AvgIpc) is 2.99. The largest absolute Gasteiger partial charge is 0.416 e. The summed E-state index contributed by atoms with van der Waals surface area (Å²) in [6, 6.07) is 8.92. The standard InChI is InChI=1S/C22H18Cl2F3N3O3S/c1-13-3-7-17(8-4-13)34(32,33)29-20(31)10-9-19-21(24)28-14(2)30(19)12-15-5-6-16(11-18(15)23)22(25,26)27/h3-11H,12H2,1-2H3,(H,29,31). The van der Waals surface area contributed by atoms with Crippen molar-refractivity contribution in [3.63, 3.8) is 0 Å². The molecule has 0 bridgehead atoms. The first kappa shape index (κ1) is 25.8. The highest BCUT2D eigenvalue weighted by Gasteiger charge is 2.31. The summed E-state index contributed by atoms with van der Waals surface area (Å²) in [5.41, 5.74) is 0.593. The summed E-state index contributed by atoms with van der Waals surface area (Å²) >= 11 is 12.2. The van der Waals surface area contributed by atoms with E-state index in [1.54, 1.807) is 26.0 Å². The molecular weight excluding hydrogens is 514 g/mol. The second-order valence-corrected chi connectivity index (χ2v) is 9.79. The highest BCUT2D eigenvalue weighted by molar-refractivity contribution is 7.90. The van der Waals surface area contributed by atoms with Gasteiger partial charge in [-0.2, -0.15) is 13.2 Å². The molecule has 0 aliphatic heterocycles. The van der Waals surface area contributed by atoms with Crippen LogP contribution in [0.5, 0.6) is 0 Å². The number of carbonyl (C=O) groups is 1. The number of sulfonamides is 1. The van der Waals surface area contributed by atoms with E-state index in [1.165, 1.54) is 28.8 Å². The van der Waals surface area contributed by atoms with Crippen molar-refractivity contribution in [2.24, 2.45) is 0 Å². The molecular formula is C22H18Cl2F3N3O3S. The Bertz CT molecular complexity index is 1370. The summed E-state index contributed by atoms with van der Waals surface area (Å²) in [7, 11) is -4.08. The van der Waals surface area contributed by atoms with Crippen LogP contribution in [-0.2, 0) is 27.5 Å². The number of nitrogens with zero attached hydrogens (tertiary/aromatic N) is 2. The lowest BCUT2D eigenvalue weighted by atomic mass is 10.1. The van der Waals surface area contributed by atoms with Gasteiger partial charge in [-0.15, -0.1) is 0 Å². The monoisotopic (exact) mass is 531 g/mol. The molecule has 0 saturated carbocycles. The number of imidazole rings is 1. The molecule has 1 amide bonds. The van der Waals surface area contributed by atoms with Gasteiger partial charge in [-0.1, -0.05) is 47.0 Å². The zero-order chi connectivity index (χ0) is 25.3. The lowest BCUT2D eigenvalue weighted by Crippen LogP contribution is -2.29. The smallest absolute Gasteiger partial charge is 0.323 e. The van der Waals surface area contributed by atoms with Crippen molar-refractivity contribution < 1.29 is 26.4 Å². The zero-order valence-electron chi connectivity index (χ0n) is 17.8. The van der Waals surface area contributed by atoms with Crippen molar-refractivity contribution in [1.29, 1.82) is 0 Å². The van der Waals surface area contributed by atoms with Crippen LogP contribution in [0.1, 0.15) is 28.2 Å². The Labute approximate surface area is 204 Å². The van der Waals surface area contributed by atoms with E-state index >= 15 is 0 Å². The SMILES string of the molecule is Cc1ccc(S(=O)(=O)NC(=O)C=Cc2c(Cl)nc(C)n2Cc2ccc(C(F)(F)F)cc2Cl)cc1. The third kappa shape index (κ3) is 5.99. The van der Waals surface area contributed by atoms with Crippen LogP contribution in [0.15, 0.2) is 53.4 Å². The van der Waals surface area contributed by atoms with Gasteiger partial charge in [0.1, 0.15) is 5.82 Å². The van der Waals surface area contributed by atoms with Crippen LogP contribution in [0, 0.1) is 13.8 Å². The highest BCUT2D eigenvalue weighted by atomic mass is 35.5. The number of alkyl halides is 3. The summed E-state index contributed by atoms with van der Waals surface area (Å²) in [6.07, 6.45) is -2.30. The fraction of sp³-hybridized carbons (Fsp3) is 0.182. The first-order chi connectivity index (χ1) is 15.8. The van der Waals surface area contributed by atoms with Crippen molar-refractivity contribution in [3.8, 4) is 0 Å². The molecule has 0 unspecified atom stereocenters. The van der Waals surface area contributed by atoms with E-state index in [0.717, 1.165) is 23.8 Å². The Kier molecular flexibility index (Phi) is 7.44. The van der Waals surface area contributed by atoms with Gasteiger partial charge in [-0.25, -0.2) is 18.1 Å². The Balaban J connectivity index is 1.82. The molecule has 12 heteroatoms. The second-order valence-electron chi connectivity index (χ2n) is 7.34. The molecule has 34 heavy (non-hydrogen) atoms. The second kappa shape index (κ2) is 9.81. The Hall–Kier alpha value is -2.82. The molecule has 0 radical (unpaired) electrons. The number of nitrogens with one attached hydrogen (secondary N) is 1. The van der Waals surface area contributed by atoms with E-state index in [-0.39, 0.29) is 27.3 Å². The van der Waals surface area contributed by atoms with Gasteiger partial charge in [0, 0.05) is 11.1 Å². The molecule has 6 nitrogen and oxygen atoms in total. The van der Waals surface area contributed by atoms with Gasteiger partial charge in [0.15, 0.2) is 5.15 Å². The summed E-state index contributed by atoms with van der Waals surface area (Å²) < 4.78 is 66.9. The normalized spacial score (nSPS) is 12.3. The lowest BCUT2D eigenvalue weighted by Gasteiger charge is -2.12. The summed E-state index contributed by atoms with van der Waals surface area (Å²) in [5, 5.41) is -0.0816. The van der Waals surface area contributed by atoms with Crippen LogP contribution in [0.25, 0.3) is 6.08 Å². The average molecular weight is 532 g/mol. The lowest BCUT2D eigenvalue weighted by molar-refractivity contribution is -0.137. The Morgan fingerprint density at radius 1 is 1.12 bits per heavy atom. The number of carbonyl (C=O) groups excluding carboxylic acids is 1. The Morgan fingerprint density at radius 2 is 1.76 bits per heavy atom. The minimum atomic E-state index is -4.53. The van der Waals surface area contributed by atoms with Crippen LogP contribution < -0.4 is 4.72 Å². The van der Waals surface area contributed by atoms with Gasteiger partial charge in [0.05, 0.1) is 22.7 Å². The maximum absolute atomic E-state index is 12.9. The quantitative estimate of drug-likeness (QED) is 0.432. The molecule has 0 aliphatic carbocycles. The van der Waals surface area contributed by atoms with Crippen LogP contribution >= 0.6 is 23.2 Å². The van der Waals surface area contributed by atoms with Crippen molar-refractivity contribution in [2.75, 3.05) is 0 Å². The summed E-state index contributed by atoms with van der Waals surface area (Å²) in [4.78, 5) is 16.3. The predicted molar refractivity (Wildman–Crippen MR) is 123 cm³/mol. The van der Waals surface area contributed by atoms with Gasteiger partial charge < -0.3 is 4.57 Å². The van der Waals surface area contributed by atoms with E-state index in [2.05, 4.69) is 4.98 Å². The highest BCUT2D eigenvalue weighted by Crippen LogP contribution is 2.33. The minimum Gasteiger partial charge on any atom is -0.323 e. The first-order valence-corrected chi connectivity index (χ1v) is 11.9. The van der Waals surface area contributed by atoms with Crippen molar-refractivity contribution in [1.82, 2.24) is 14.3 Å². The third-order valence-corrected chi connectivity index (χ3v) is 6.81. The molecule has 0 saturated heterocycles. The van der Waals surface area contributed by atoms with Gasteiger partial charge in [0.2, 0.25) is 0 Å². The molecule has 1 aromatic heterocycles. The molecule has 3 rings (SSSR count). The third-order valence-electron chi connectivity index (χ3n) is 4.82. The number of halogens is 5. The molecule has 0 aliphatic rings. The first-order valence-electron chi connectivity index (χ1n) is 9.67. The fourth-order valence-corrected chi connectivity index (χ4v) is 4.50. The van der Waals surface area contributed by atoms with Crippen LogP contribution in [-0.4, -0.2) is 23.9 Å². The van der Waals surface area contributed by atoms with Gasteiger partial charge in [-0.3, -0.25) is 4.79 Å². The molecule has 180 valence electrons. The number of benzene rings is 2. The molecule has 1 N–H and O–H groups in total. The maximum Gasteiger partial charge on any atom is 0.416 e. The number of aromatic nitrogens is 2. The van der Waals surface area contributed by atoms with Crippen LogP contribution in [0.4, 0.5) is 13.2 Å². The topological polar surface area (TPSA) is 81.1 Å². The van der Waals surface area contributed by atoms with Crippen LogP contribution in [0.2, 0.25) is 10.2 Å². The van der Waals surface area contributed by atoms with Crippen molar-refractivity contribution in [2.45, 2.75) is 31.5 Å². The molecule has 1 heterocycles. The number of hydrogen-bond acceptors (Lipinski definition) is 4. The number of aryl methyl sites for hydroxylation is 2. The number of amides is 1. The summed E-state index contributed by atoms with van der Waals surface area (Å²) in [5.74, 6) is -0.511. The fourth-order valence-electron chi connectivity index (χ4n) is 3.02. The zero-order valence-corrected chi connectivity index (χ0v) is 20.1. The number of hydrogen-bond donors (Lipinski definition) is 1. The molecule has 0 spiro atoms. The van der Waals surface area contributed by atoms with Crippen molar-refractivity contribution in [3.05, 3.63) is 86.9 Å². The van der Waals surface area contributed by atoms with Gasteiger partial charge in [-0.05, 0) is 49.8 Å². The van der Waals surface area contributed by atoms with Gasteiger partial charge in [0.25, 0.3) is 15.9 Å².